The molecule has 1 fully saturated rings. The minimum absolute atomic E-state index is 0.0517. The first-order valence-electron chi connectivity index (χ1n) is 7.13. The van der Waals surface area contributed by atoms with E-state index in [1.165, 1.54) is 0 Å². The van der Waals surface area contributed by atoms with Crippen LogP contribution in [-0.2, 0) is 9.59 Å². The standard InChI is InChI=1S/C14H27N3O2/c1-4-6-14(7-5-8-16-10-14)12(19)17-9-13(2,3)11(15)18/h16H,4-10H2,1-3H3,(H2,15,18)(H,17,19). The van der Waals surface area contributed by atoms with E-state index < -0.39 is 5.41 Å². The number of nitrogens with one attached hydrogen (secondary N) is 2. The summed E-state index contributed by atoms with van der Waals surface area (Å²) in [6.45, 7) is 7.60. The number of carbonyl (C=O) groups is 2. The predicted octanol–water partition coefficient (Wildman–Crippen LogP) is 0.784. The molecule has 5 heteroatoms. The zero-order valence-corrected chi connectivity index (χ0v) is 12.3. The van der Waals surface area contributed by atoms with Gasteiger partial charge in [-0.2, -0.15) is 0 Å². The Morgan fingerprint density at radius 2 is 2.11 bits per heavy atom. The van der Waals surface area contributed by atoms with Gasteiger partial charge in [-0.1, -0.05) is 13.3 Å². The second-order valence-electron chi connectivity index (χ2n) is 6.24. The van der Waals surface area contributed by atoms with Gasteiger partial charge in [0.2, 0.25) is 11.8 Å². The highest BCUT2D eigenvalue weighted by atomic mass is 16.2. The van der Waals surface area contributed by atoms with Crippen LogP contribution < -0.4 is 16.4 Å². The second-order valence-corrected chi connectivity index (χ2v) is 6.24. The van der Waals surface area contributed by atoms with E-state index in [1.807, 2.05) is 0 Å². The average molecular weight is 269 g/mol. The maximum absolute atomic E-state index is 12.5. The van der Waals surface area contributed by atoms with Crippen LogP contribution in [0.1, 0.15) is 46.5 Å². The molecule has 1 heterocycles. The minimum atomic E-state index is -0.703. The fraction of sp³-hybridized carbons (Fsp3) is 0.857. The molecule has 19 heavy (non-hydrogen) atoms. The van der Waals surface area contributed by atoms with Gasteiger partial charge in [0.05, 0.1) is 10.8 Å². The van der Waals surface area contributed by atoms with Gasteiger partial charge in [-0.3, -0.25) is 9.59 Å². The summed E-state index contributed by atoms with van der Waals surface area (Å²) in [6, 6.07) is 0. The fourth-order valence-corrected chi connectivity index (χ4v) is 2.54. The van der Waals surface area contributed by atoms with Crippen molar-refractivity contribution in [2.24, 2.45) is 16.6 Å². The summed E-state index contributed by atoms with van der Waals surface area (Å²) in [6.07, 6.45) is 3.79. The summed E-state index contributed by atoms with van der Waals surface area (Å²) < 4.78 is 0. The number of piperidine rings is 1. The van der Waals surface area contributed by atoms with Crippen molar-refractivity contribution in [1.29, 1.82) is 0 Å². The van der Waals surface area contributed by atoms with Crippen molar-refractivity contribution < 1.29 is 9.59 Å². The lowest BCUT2D eigenvalue weighted by atomic mass is 9.76. The van der Waals surface area contributed by atoms with E-state index >= 15 is 0 Å². The number of nitrogens with two attached hydrogens (primary N) is 1. The molecule has 1 atom stereocenters. The molecule has 110 valence electrons. The van der Waals surface area contributed by atoms with Gasteiger partial charge >= 0.3 is 0 Å². The molecule has 1 aliphatic rings. The predicted molar refractivity (Wildman–Crippen MR) is 75.4 cm³/mol. The summed E-state index contributed by atoms with van der Waals surface area (Å²) in [4.78, 5) is 23.8. The lowest BCUT2D eigenvalue weighted by molar-refractivity contribution is -0.134. The minimum Gasteiger partial charge on any atom is -0.369 e. The van der Waals surface area contributed by atoms with Crippen molar-refractivity contribution in [3.8, 4) is 0 Å². The Morgan fingerprint density at radius 3 is 2.58 bits per heavy atom. The lowest BCUT2D eigenvalue weighted by Crippen LogP contribution is -2.53. The quantitative estimate of drug-likeness (QED) is 0.666. The smallest absolute Gasteiger partial charge is 0.227 e. The highest BCUT2D eigenvalue weighted by Crippen LogP contribution is 2.32. The summed E-state index contributed by atoms with van der Waals surface area (Å²) in [5.41, 5.74) is 4.30. The third kappa shape index (κ3) is 3.93. The first-order valence-corrected chi connectivity index (χ1v) is 7.13. The Labute approximate surface area is 115 Å². The third-order valence-corrected chi connectivity index (χ3v) is 4.04. The fourth-order valence-electron chi connectivity index (χ4n) is 2.54. The van der Waals surface area contributed by atoms with Crippen molar-refractivity contribution in [1.82, 2.24) is 10.6 Å². The molecule has 1 saturated heterocycles. The zero-order chi connectivity index (χ0) is 14.5. The van der Waals surface area contributed by atoms with Gasteiger partial charge in [0.15, 0.2) is 0 Å². The van der Waals surface area contributed by atoms with E-state index in [0.29, 0.717) is 6.54 Å². The molecule has 1 unspecified atom stereocenters. The molecule has 0 aromatic carbocycles. The Kier molecular flexibility index (Phi) is 5.35. The topological polar surface area (TPSA) is 84.2 Å². The summed E-state index contributed by atoms with van der Waals surface area (Å²) in [7, 11) is 0. The van der Waals surface area contributed by atoms with E-state index in [-0.39, 0.29) is 17.2 Å². The highest BCUT2D eigenvalue weighted by Gasteiger charge is 2.39. The molecular formula is C14H27N3O2. The molecule has 0 aliphatic carbocycles. The molecular weight excluding hydrogens is 242 g/mol. The van der Waals surface area contributed by atoms with E-state index in [9.17, 15) is 9.59 Å². The molecule has 0 radical (unpaired) electrons. The van der Waals surface area contributed by atoms with Crippen LogP contribution in [0, 0.1) is 10.8 Å². The maximum Gasteiger partial charge on any atom is 0.227 e. The number of primary amides is 1. The summed E-state index contributed by atoms with van der Waals surface area (Å²) in [5, 5.41) is 6.23. The van der Waals surface area contributed by atoms with E-state index in [0.717, 1.165) is 38.8 Å². The molecule has 0 aromatic heterocycles. The van der Waals surface area contributed by atoms with Gasteiger partial charge in [-0.25, -0.2) is 0 Å². The molecule has 4 N–H and O–H groups in total. The first kappa shape index (κ1) is 16.0. The third-order valence-electron chi connectivity index (χ3n) is 4.04. The van der Waals surface area contributed by atoms with E-state index in [4.69, 9.17) is 5.73 Å². The van der Waals surface area contributed by atoms with Crippen molar-refractivity contribution in [2.45, 2.75) is 46.5 Å². The van der Waals surface area contributed by atoms with Crippen molar-refractivity contribution >= 4 is 11.8 Å². The van der Waals surface area contributed by atoms with Crippen LogP contribution in [0.5, 0.6) is 0 Å². The highest BCUT2D eigenvalue weighted by molar-refractivity contribution is 5.85. The number of amides is 2. The summed E-state index contributed by atoms with van der Waals surface area (Å²) in [5.74, 6) is -0.338. The zero-order valence-electron chi connectivity index (χ0n) is 12.3. The molecule has 0 spiro atoms. The first-order chi connectivity index (χ1) is 8.84. The van der Waals surface area contributed by atoms with Crippen LogP contribution in [0.3, 0.4) is 0 Å². The second kappa shape index (κ2) is 6.37. The van der Waals surface area contributed by atoms with Gasteiger partial charge in [-0.05, 0) is 39.7 Å². The van der Waals surface area contributed by atoms with Gasteiger partial charge in [0.25, 0.3) is 0 Å². The van der Waals surface area contributed by atoms with Crippen LogP contribution in [-0.4, -0.2) is 31.4 Å². The lowest BCUT2D eigenvalue weighted by Gasteiger charge is -2.37. The Morgan fingerprint density at radius 1 is 1.42 bits per heavy atom. The molecule has 5 nitrogen and oxygen atoms in total. The van der Waals surface area contributed by atoms with Crippen molar-refractivity contribution in [2.75, 3.05) is 19.6 Å². The Hall–Kier alpha value is -1.10. The van der Waals surface area contributed by atoms with Crippen molar-refractivity contribution in [3.05, 3.63) is 0 Å². The van der Waals surface area contributed by atoms with Gasteiger partial charge in [0, 0.05) is 13.1 Å². The number of hydrogen-bond donors (Lipinski definition) is 3. The normalized spacial score (nSPS) is 23.9. The molecule has 0 bridgehead atoms. The van der Waals surface area contributed by atoms with Crippen LogP contribution in [0.25, 0.3) is 0 Å². The van der Waals surface area contributed by atoms with E-state index in [2.05, 4.69) is 17.6 Å². The van der Waals surface area contributed by atoms with Crippen LogP contribution in [0.4, 0.5) is 0 Å². The van der Waals surface area contributed by atoms with E-state index in [1.54, 1.807) is 13.8 Å². The van der Waals surface area contributed by atoms with Crippen molar-refractivity contribution in [3.63, 3.8) is 0 Å². The number of carbonyl (C=O) groups excluding carboxylic acids is 2. The van der Waals surface area contributed by atoms with Gasteiger partial charge in [0.1, 0.15) is 0 Å². The SMILES string of the molecule is CCCC1(C(=O)NCC(C)(C)C(N)=O)CCCNC1. The average Bonchev–Trinajstić information content (AvgIpc) is 2.37. The van der Waals surface area contributed by atoms with Crippen LogP contribution in [0.15, 0.2) is 0 Å². The molecule has 1 rings (SSSR count). The summed E-state index contributed by atoms with van der Waals surface area (Å²) >= 11 is 0. The molecule has 0 aromatic rings. The largest absolute Gasteiger partial charge is 0.369 e. The monoisotopic (exact) mass is 269 g/mol. The number of hydrogen-bond acceptors (Lipinski definition) is 3. The number of rotatable bonds is 6. The van der Waals surface area contributed by atoms with Crippen LogP contribution in [0.2, 0.25) is 0 Å². The molecule has 2 amide bonds. The Bertz CT molecular complexity index is 328. The van der Waals surface area contributed by atoms with Gasteiger partial charge in [-0.15, -0.1) is 0 Å². The maximum atomic E-state index is 12.5. The molecule has 1 aliphatic heterocycles. The van der Waals surface area contributed by atoms with Gasteiger partial charge < -0.3 is 16.4 Å². The Balaban J connectivity index is 2.65. The van der Waals surface area contributed by atoms with Crippen LogP contribution >= 0.6 is 0 Å². The molecule has 0 saturated carbocycles.